The van der Waals surface area contributed by atoms with Crippen LogP contribution in [-0.2, 0) is 0 Å². The average Bonchev–Trinajstić information content (AvgIpc) is 2.43. The highest BCUT2D eigenvalue weighted by Gasteiger charge is 2.05. The van der Waals surface area contributed by atoms with E-state index in [0.29, 0.717) is 0 Å². The third-order valence-electron chi connectivity index (χ3n) is 3.19. The normalized spacial score (nSPS) is 10.7. The van der Waals surface area contributed by atoms with Gasteiger partial charge in [-0.25, -0.2) is 0 Å². The number of hydrogen-bond acceptors (Lipinski definition) is 3. The van der Waals surface area contributed by atoms with Gasteiger partial charge >= 0.3 is 0 Å². The van der Waals surface area contributed by atoms with Crippen LogP contribution in [0.5, 0.6) is 5.75 Å². The molecule has 0 spiro atoms. The van der Waals surface area contributed by atoms with E-state index in [-0.39, 0.29) is 5.75 Å². The van der Waals surface area contributed by atoms with E-state index < -0.39 is 0 Å². The Hall–Kier alpha value is -1.82. The van der Waals surface area contributed by atoms with Crippen molar-refractivity contribution in [3.63, 3.8) is 0 Å². The maximum atomic E-state index is 9.62. The number of rotatable bonds is 2. The van der Waals surface area contributed by atoms with Crippen LogP contribution in [0.25, 0.3) is 10.9 Å². The van der Waals surface area contributed by atoms with Crippen LogP contribution in [0.1, 0.15) is 5.56 Å². The highest BCUT2D eigenvalue weighted by atomic mass is 127. The van der Waals surface area contributed by atoms with Crippen molar-refractivity contribution in [3.05, 3.63) is 57.8 Å². The van der Waals surface area contributed by atoms with Crippen LogP contribution in [-0.4, -0.2) is 10.1 Å². The van der Waals surface area contributed by atoms with Crippen LogP contribution < -0.4 is 5.32 Å². The Labute approximate surface area is 130 Å². The minimum absolute atomic E-state index is 0.256. The Morgan fingerprint density at radius 1 is 1.05 bits per heavy atom. The maximum absolute atomic E-state index is 9.62. The zero-order valence-electron chi connectivity index (χ0n) is 10.9. The molecular formula is C16H13IN2O. The van der Waals surface area contributed by atoms with Gasteiger partial charge in [0.1, 0.15) is 5.75 Å². The molecule has 0 aliphatic rings. The fraction of sp³-hybridized carbons (Fsp3) is 0.0625. The highest BCUT2D eigenvalue weighted by Crippen LogP contribution is 2.29. The highest BCUT2D eigenvalue weighted by molar-refractivity contribution is 14.1. The van der Waals surface area contributed by atoms with Crippen LogP contribution in [0.4, 0.5) is 11.4 Å². The Kier molecular flexibility index (Phi) is 3.48. The number of fused-ring (bicyclic) bond motifs is 1. The third-order valence-corrected chi connectivity index (χ3v) is 3.87. The summed E-state index contributed by atoms with van der Waals surface area (Å²) in [6.45, 7) is 2.01. The fourth-order valence-electron chi connectivity index (χ4n) is 2.12. The molecule has 3 aromatic rings. The number of pyridine rings is 1. The van der Waals surface area contributed by atoms with Crippen molar-refractivity contribution in [1.82, 2.24) is 4.98 Å². The van der Waals surface area contributed by atoms with E-state index in [4.69, 9.17) is 0 Å². The first-order valence-corrected chi connectivity index (χ1v) is 7.32. The molecule has 1 heterocycles. The molecule has 0 bridgehead atoms. The monoisotopic (exact) mass is 376 g/mol. The molecular weight excluding hydrogens is 363 g/mol. The number of aromatic hydroxyl groups is 1. The van der Waals surface area contributed by atoms with Crippen molar-refractivity contribution >= 4 is 44.9 Å². The standard InChI is InChI=1S/C16H13IN2O/c1-10-2-4-12(20)9-16(10)19-15-6-7-18-14-5-3-11(17)8-13(14)15/h2-9,20H,1H3,(H,18,19). The lowest BCUT2D eigenvalue weighted by Gasteiger charge is -2.12. The largest absolute Gasteiger partial charge is 0.508 e. The first-order valence-electron chi connectivity index (χ1n) is 6.24. The van der Waals surface area contributed by atoms with E-state index in [1.54, 1.807) is 18.3 Å². The quantitative estimate of drug-likeness (QED) is 0.643. The van der Waals surface area contributed by atoms with Gasteiger partial charge in [0.2, 0.25) is 0 Å². The van der Waals surface area contributed by atoms with Gasteiger partial charge in [-0.05, 0) is 65.4 Å². The van der Waals surface area contributed by atoms with Gasteiger partial charge in [0.05, 0.1) is 5.52 Å². The number of nitrogens with zero attached hydrogens (tertiary/aromatic N) is 1. The first kappa shape index (κ1) is 13.2. The van der Waals surface area contributed by atoms with Gasteiger partial charge in [0.25, 0.3) is 0 Å². The van der Waals surface area contributed by atoms with E-state index in [1.807, 2.05) is 31.2 Å². The molecule has 0 atom stereocenters. The zero-order chi connectivity index (χ0) is 14.1. The van der Waals surface area contributed by atoms with Gasteiger partial charge in [0, 0.05) is 32.6 Å². The van der Waals surface area contributed by atoms with Crippen molar-refractivity contribution in [2.24, 2.45) is 0 Å². The molecule has 0 radical (unpaired) electrons. The molecule has 4 heteroatoms. The predicted molar refractivity (Wildman–Crippen MR) is 90.6 cm³/mol. The molecule has 0 saturated heterocycles. The second-order valence-corrected chi connectivity index (χ2v) is 5.89. The summed E-state index contributed by atoms with van der Waals surface area (Å²) in [5.74, 6) is 0.256. The lowest BCUT2D eigenvalue weighted by molar-refractivity contribution is 0.475. The Morgan fingerprint density at radius 3 is 2.75 bits per heavy atom. The first-order chi connectivity index (χ1) is 9.63. The molecule has 100 valence electrons. The Bertz CT molecular complexity index is 787. The number of hydrogen-bond donors (Lipinski definition) is 2. The molecule has 2 N–H and O–H groups in total. The van der Waals surface area contributed by atoms with Crippen LogP contribution in [0.15, 0.2) is 48.7 Å². The van der Waals surface area contributed by atoms with Crippen LogP contribution in [0, 0.1) is 10.5 Å². The average molecular weight is 376 g/mol. The second kappa shape index (κ2) is 5.28. The molecule has 0 unspecified atom stereocenters. The second-order valence-electron chi connectivity index (χ2n) is 4.64. The molecule has 0 aliphatic heterocycles. The minimum Gasteiger partial charge on any atom is -0.508 e. The van der Waals surface area contributed by atoms with E-state index >= 15 is 0 Å². The molecule has 0 fully saturated rings. The summed E-state index contributed by atoms with van der Waals surface area (Å²) < 4.78 is 1.17. The summed E-state index contributed by atoms with van der Waals surface area (Å²) in [5.41, 5.74) is 3.92. The number of phenols is 1. The van der Waals surface area contributed by atoms with Gasteiger partial charge in [-0.2, -0.15) is 0 Å². The van der Waals surface area contributed by atoms with Crippen molar-refractivity contribution in [2.75, 3.05) is 5.32 Å². The van der Waals surface area contributed by atoms with Gasteiger partial charge < -0.3 is 10.4 Å². The smallest absolute Gasteiger partial charge is 0.117 e. The van der Waals surface area contributed by atoms with E-state index in [1.165, 1.54) is 3.57 Å². The summed E-state index contributed by atoms with van der Waals surface area (Å²) in [6, 6.07) is 13.4. The van der Waals surface area contributed by atoms with E-state index in [0.717, 1.165) is 27.8 Å². The number of benzene rings is 2. The number of halogens is 1. The summed E-state index contributed by atoms with van der Waals surface area (Å²) in [5, 5.41) is 14.1. The third kappa shape index (κ3) is 2.56. The lowest BCUT2D eigenvalue weighted by atomic mass is 10.1. The summed E-state index contributed by atoms with van der Waals surface area (Å²) >= 11 is 2.29. The zero-order valence-corrected chi connectivity index (χ0v) is 13.0. The molecule has 0 amide bonds. The molecule has 1 aromatic heterocycles. The van der Waals surface area contributed by atoms with Crippen LogP contribution in [0.3, 0.4) is 0 Å². The SMILES string of the molecule is Cc1ccc(O)cc1Nc1ccnc2ccc(I)cc12. The molecule has 3 rings (SSSR count). The molecule has 0 aliphatic carbocycles. The van der Waals surface area contributed by atoms with Crippen molar-refractivity contribution in [3.8, 4) is 5.75 Å². The molecule has 0 saturated carbocycles. The molecule has 2 aromatic carbocycles. The minimum atomic E-state index is 0.256. The number of aryl methyl sites for hydroxylation is 1. The predicted octanol–water partition coefficient (Wildman–Crippen LogP) is 4.60. The van der Waals surface area contributed by atoms with E-state index in [2.05, 4.69) is 39.0 Å². The Balaban J connectivity index is 2.10. The van der Waals surface area contributed by atoms with Gasteiger partial charge in [-0.15, -0.1) is 0 Å². The van der Waals surface area contributed by atoms with Crippen molar-refractivity contribution < 1.29 is 5.11 Å². The number of anilines is 2. The molecule has 3 nitrogen and oxygen atoms in total. The number of aromatic nitrogens is 1. The summed E-state index contributed by atoms with van der Waals surface area (Å²) in [6.07, 6.45) is 1.79. The maximum Gasteiger partial charge on any atom is 0.117 e. The number of nitrogens with one attached hydrogen (secondary N) is 1. The van der Waals surface area contributed by atoms with Crippen LogP contribution >= 0.6 is 22.6 Å². The van der Waals surface area contributed by atoms with Crippen molar-refractivity contribution in [2.45, 2.75) is 6.92 Å². The van der Waals surface area contributed by atoms with Crippen LogP contribution in [0.2, 0.25) is 0 Å². The summed E-state index contributed by atoms with van der Waals surface area (Å²) in [4.78, 5) is 4.37. The van der Waals surface area contributed by atoms with Gasteiger partial charge in [-0.1, -0.05) is 6.07 Å². The Morgan fingerprint density at radius 2 is 1.90 bits per heavy atom. The van der Waals surface area contributed by atoms with Gasteiger partial charge in [-0.3, -0.25) is 4.98 Å². The topological polar surface area (TPSA) is 45.1 Å². The lowest BCUT2D eigenvalue weighted by Crippen LogP contribution is -1.95. The molecule has 20 heavy (non-hydrogen) atoms. The summed E-state index contributed by atoms with van der Waals surface area (Å²) in [7, 11) is 0. The number of phenolic OH excluding ortho intramolecular Hbond substituents is 1. The van der Waals surface area contributed by atoms with Crippen molar-refractivity contribution in [1.29, 1.82) is 0 Å². The van der Waals surface area contributed by atoms with Gasteiger partial charge in [0.15, 0.2) is 0 Å². The fourth-order valence-corrected chi connectivity index (χ4v) is 2.61. The van der Waals surface area contributed by atoms with E-state index in [9.17, 15) is 5.11 Å².